The summed E-state index contributed by atoms with van der Waals surface area (Å²) in [7, 11) is 1.65. The van der Waals surface area contributed by atoms with Gasteiger partial charge in [-0.25, -0.2) is 19.2 Å². The number of aromatic nitrogens is 2. The first-order valence-electron chi connectivity index (χ1n) is 12.1. The number of rotatable bonds is 6. The van der Waals surface area contributed by atoms with Crippen LogP contribution in [0.4, 0.5) is 10.1 Å². The Morgan fingerprint density at radius 3 is 2.23 bits per heavy atom. The Balaban J connectivity index is 0.00000121. The van der Waals surface area contributed by atoms with Gasteiger partial charge in [0, 0.05) is 49.3 Å². The zero-order valence-corrected chi connectivity index (χ0v) is 23.2. The monoisotopic (exact) mass is 555 g/mol. The number of hydrogen-bond acceptors (Lipinski definition) is 9. The Morgan fingerprint density at radius 1 is 1.07 bits per heavy atom. The number of halogens is 1. The number of aryl methyl sites for hydroxylation is 1. The molecule has 0 amide bonds. The van der Waals surface area contributed by atoms with Crippen molar-refractivity contribution in [1.29, 1.82) is 0 Å². The summed E-state index contributed by atoms with van der Waals surface area (Å²) < 4.78 is 25.7. The average Bonchev–Trinajstić information content (AvgIpc) is 3.00. The summed E-state index contributed by atoms with van der Waals surface area (Å²) in [6.07, 6.45) is 3.51. The second-order valence-electron chi connectivity index (χ2n) is 7.24. The first-order chi connectivity index (χ1) is 19.3. The van der Waals surface area contributed by atoms with Crippen LogP contribution in [-0.4, -0.2) is 41.7 Å². The zero-order valence-electron chi connectivity index (χ0n) is 23.2. The van der Waals surface area contributed by atoms with E-state index in [0.29, 0.717) is 28.1 Å². The van der Waals surface area contributed by atoms with E-state index < -0.39 is 11.6 Å². The lowest BCUT2D eigenvalue weighted by atomic mass is 9.99. The molecule has 0 aliphatic carbocycles. The molecule has 0 saturated carbocycles. The van der Waals surface area contributed by atoms with E-state index in [-0.39, 0.29) is 24.7 Å². The van der Waals surface area contributed by atoms with Gasteiger partial charge in [-0.05, 0) is 42.3 Å². The first-order valence-corrected chi connectivity index (χ1v) is 12.1. The van der Waals surface area contributed by atoms with Gasteiger partial charge in [0.05, 0.1) is 5.69 Å². The Labute approximate surface area is 231 Å². The van der Waals surface area contributed by atoms with Crippen molar-refractivity contribution in [2.24, 2.45) is 0 Å². The van der Waals surface area contributed by atoms with E-state index in [1.807, 2.05) is 34.3 Å². The second-order valence-corrected chi connectivity index (χ2v) is 7.24. The Morgan fingerprint density at radius 2 is 1.68 bits per heavy atom. The number of carboxylic acid groups (broad SMARTS) is 1. The largest absolute Gasteiger partial charge is 0.481 e. The molecule has 4 aromatic rings. The van der Waals surface area contributed by atoms with Crippen LogP contribution in [0.5, 0.6) is 11.8 Å². The molecule has 0 radical (unpaired) electrons. The van der Waals surface area contributed by atoms with E-state index in [4.69, 9.17) is 23.8 Å². The molecule has 0 aliphatic rings. The van der Waals surface area contributed by atoms with Crippen molar-refractivity contribution < 1.29 is 33.0 Å². The molecular formula is C29H34FN3O7. The van der Waals surface area contributed by atoms with Gasteiger partial charge in [0.2, 0.25) is 0 Å². The Kier molecular flexibility index (Phi) is 16.8. The number of anilines is 1. The van der Waals surface area contributed by atoms with Crippen LogP contribution in [0.3, 0.4) is 0 Å². The molecule has 4 rings (SSSR count). The van der Waals surface area contributed by atoms with Gasteiger partial charge in [-0.1, -0.05) is 32.9 Å². The fourth-order valence-corrected chi connectivity index (χ4v) is 3.19. The number of hydrogen-bond donors (Lipinski definition) is 2. The quantitative estimate of drug-likeness (QED) is 0.288. The molecule has 2 N–H and O–H groups in total. The number of fused-ring (bicyclic) bond motifs is 1. The fraction of sp³-hybridized carbons (Fsp3) is 0.241. The van der Waals surface area contributed by atoms with Gasteiger partial charge in [-0.3, -0.25) is 4.79 Å². The highest BCUT2D eigenvalue weighted by Gasteiger charge is 2.16. The highest BCUT2D eigenvalue weighted by molar-refractivity contribution is 5.82. The third kappa shape index (κ3) is 10.1. The van der Waals surface area contributed by atoms with Crippen LogP contribution in [0.1, 0.15) is 43.9 Å². The molecule has 0 atom stereocenters. The van der Waals surface area contributed by atoms with Crippen molar-refractivity contribution in [2.75, 3.05) is 12.4 Å². The molecule has 0 saturated heterocycles. The van der Waals surface area contributed by atoms with Crippen LogP contribution < -0.4 is 15.7 Å². The predicted octanol–water partition coefficient (Wildman–Crippen LogP) is 5.59. The summed E-state index contributed by atoms with van der Waals surface area (Å²) in [5.41, 5.74) is 1.85. The summed E-state index contributed by atoms with van der Waals surface area (Å²) in [6.45, 7) is 11.4. The standard InChI is InChI=1S/C22H18FN3O3.C3H6O2.C2H6.2CH2O/c1-13-16-8-7-15(28-22-25-9-4-10-26-22)12-19(16)29-21(27)17(13)11-14-5-3-6-18(24-2)20(14)23;1-2-3(4)5;3*1-2/h3-10,12,24H,11H2,1-2H3;2H2,1H3,(H,4,5);1-2H3;2*1H2. The van der Waals surface area contributed by atoms with Crippen molar-refractivity contribution in [3.8, 4) is 11.8 Å². The van der Waals surface area contributed by atoms with Crippen molar-refractivity contribution >= 4 is 36.2 Å². The van der Waals surface area contributed by atoms with Crippen LogP contribution in [0.25, 0.3) is 11.0 Å². The maximum Gasteiger partial charge on any atom is 0.340 e. The van der Waals surface area contributed by atoms with Gasteiger partial charge < -0.3 is 29.2 Å². The molecular weight excluding hydrogens is 521 g/mol. The zero-order chi connectivity index (χ0) is 30.7. The predicted molar refractivity (Wildman–Crippen MR) is 152 cm³/mol. The molecule has 2 aromatic carbocycles. The average molecular weight is 556 g/mol. The van der Waals surface area contributed by atoms with Crippen LogP contribution in [0, 0.1) is 12.7 Å². The van der Waals surface area contributed by atoms with Crippen molar-refractivity contribution in [1.82, 2.24) is 9.97 Å². The number of ether oxygens (including phenoxy) is 1. The van der Waals surface area contributed by atoms with Crippen LogP contribution >= 0.6 is 0 Å². The number of carboxylic acids is 1. The summed E-state index contributed by atoms with van der Waals surface area (Å²) in [6, 6.07) is 12.1. The molecule has 0 aliphatic heterocycles. The van der Waals surface area contributed by atoms with Gasteiger partial charge in [0.25, 0.3) is 0 Å². The fourth-order valence-electron chi connectivity index (χ4n) is 3.19. The molecule has 10 nitrogen and oxygen atoms in total. The molecule has 2 aromatic heterocycles. The van der Waals surface area contributed by atoms with Crippen molar-refractivity contribution in [3.05, 3.63) is 87.8 Å². The normalized spacial score (nSPS) is 9.15. The van der Waals surface area contributed by atoms with Crippen molar-refractivity contribution in [2.45, 2.75) is 40.5 Å². The molecule has 214 valence electrons. The molecule has 40 heavy (non-hydrogen) atoms. The smallest absolute Gasteiger partial charge is 0.340 e. The van der Waals surface area contributed by atoms with Gasteiger partial charge in [0.1, 0.15) is 30.7 Å². The topological polar surface area (TPSA) is 149 Å². The maximum absolute atomic E-state index is 14.6. The Hall–Kier alpha value is -4.93. The van der Waals surface area contributed by atoms with Gasteiger partial charge >= 0.3 is 17.6 Å². The first kappa shape index (κ1) is 35.1. The Bertz CT molecular complexity index is 1390. The maximum atomic E-state index is 14.6. The molecule has 0 spiro atoms. The number of carbonyl (C=O) groups excluding carboxylic acids is 2. The van der Waals surface area contributed by atoms with E-state index in [0.717, 1.165) is 10.9 Å². The number of nitrogens with one attached hydrogen (secondary N) is 1. The highest BCUT2D eigenvalue weighted by Crippen LogP contribution is 2.28. The third-order valence-corrected chi connectivity index (χ3v) is 5.03. The molecule has 0 unspecified atom stereocenters. The minimum Gasteiger partial charge on any atom is -0.481 e. The molecule has 0 bridgehead atoms. The lowest BCUT2D eigenvalue weighted by Crippen LogP contribution is -2.12. The summed E-state index contributed by atoms with van der Waals surface area (Å²) in [5, 5.41) is 11.3. The van der Waals surface area contributed by atoms with Gasteiger partial charge in [0.15, 0.2) is 0 Å². The van der Waals surface area contributed by atoms with Crippen LogP contribution in [-0.2, 0) is 20.8 Å². The number of benzene rings is 2. The SMILES string of the molecule is C=O.C=O.CC.CCC(=O)O.CNc1cccc(Cc2c(C)c3ccc(Oc4ncccn4)cc3oc2=O)c1F. The van der Waals surface area contributed by atoms with E-state index in [9.17, 15) is 14.0 Å². The summed E-state index contributed by atoms with van der Waals surface area (Å²) in [4.78, 5) is 46.0. The number of aliphatic carboxylic acids is 1. The van der Waals surface area contributed by atoms with Crippen molar-refractivity contribution in [3.63, 3.8) is 0 Å². The van der Waals surface area contributed by atoms with Crippen LogP contribution in [0.2, 0.25) is 0 Å². The number of carbonyl (C=O) groups is 3. The number of nitrogens with zero attached hydrogens (tertiary/aromatic N) is 2. The lowest BCUT2D eigenvalue weighted by molar-refractivity contribution is -0.136. The van der Waals surface area contributed by atoms with Crippen LogP contribution in [0.15, 0.2) is 64.1 Å². The van der Waals surface area contributed by atoms with Gasteiger partial charge in [-0.2, -0.15) is 0 Å². The van der Waals surface area contributed by atoms with Gasteiger partial charge in [-0.15, -0.1) is 0 Å². The van der Waals surface area contributed by atoms with E-state index in [1.54, 1.807) is 68.8 Å². The molecule has 0 fully saturated rings. The summed E-state index contributed by atoms with van der Waals surface area (Å²) in [5.74, 6) is -0.669. The minimum absolute atomic E-state index is 0.140. The molecule has 2 heterocycles. The third-order valence-electron chi connectivity index (χ3n) is 5.03. The summed E-state index contributed by atoms with van der Waals surface area (Å²) >= 11 is 0. The van der Waals surface area contributed by atoms with E-state index in [2.05, 4.69) is 15.3 Å². The lowest BCUT2D eigenvalue weighted by Gasteiger charge is -2.11. The molecule has 11 heteroatoms. The minimum atomic E-state index is -0.745. The van der Waals surface area contributed by atoms with E-state index >= 15 is 0 Å². The highest BCUT2D eigenvalue weighted by atomic mass is 19.1. The second kappa shape index (κ2) is 19.2. The van der Waals surface area contributed by atoms with E-state index in [1.165, 1.54) is 0 Å².